The highest BCUT2D eigenvalue weighted by molar-refractivity contribution is 5.77. The Morgan fingerprint density at radius 1 is 1.19 bits per heavy atom. The number of methoxy groups -OCH3 is 1. The van der Waals surface area contributed by atoms with Gasteiger partial charge in [0.1, 0.15) is 11.7 Å². The number of rotatable bonds is 2. The lowest BCUT2D eigenvalue weighted by Crippen LogP contribution is -2.69. The van der Waals surface area contributed by atoms with E-state index < -0.39 is 22.7 Å². The minimum atomic E-state index is -1.13. The van der Waals surface area contributed by atoms with Crippen LogP contribution in [0.15, 0.2) is 0 Å². The average molecular weight is 366 g/mol. The summed E-state index contributed by atoms with van der Waals surface area (Å²) in [4.78, 5) is 12.6. The smallest absolute Gasteiger partial charge is 0.311 e. The van der Waals surface area contributed by atoms with Crippen LogP contribution in [0.1, 0.15) is 66.2 Å². The molecule has 1 saturated heterocycles. The first-order valence-electron chi connectivity index (χ1n) is 10.2. The molecule has 4 fully saturated rings. The molecule has 0 bridgehead atoms. The summed E-state index contributed by atoms with van der Waals surface area (Å²) < 4.78 is 11.2. The van der Waals surface area contributed by atoms with Gasteiger partial charge in [-0.2, -0.15) is 0 Å². The highest BCUT2D eigenvalue weighted by atomic mass is 16.6. The van der Waals surface area contributed by atoms with Gasteiger partial charge >= 0.3 is 5.97 Å². The van der Waals surface area contributed by atoms with Crippen molar-refractivity contribution in [2.75, 3.05) is 7.11 Å². The van der Waals surface area contributed by atoms with Crippen molar-refractivity contribution in [1.29, 1.82) is 0 Å². The number of aliphatic hydroxyl groups excluding tert-OH is 1. The van der Waals surface area contributed by atoms with Crippen molar-refractivity contribution in [2.45, 2.75) is 89.6 Å². The van der Waals surface area contributed by atoms with Gasteiger partial charge in [0.05, 0.1) is 24.2 Å². The van der Waals surface area contributed by atoms with Crippen LogP contribution in [0.4, 0.5) is 0 Å². The summed E-state index contributed by atoms with van der Waals surface area (Å²) in [6.07, 6.45) is 3.96. The van der Waals surface area contributed by atoms with Crippen molar-refractivity contribution in [1.82, 2.24) is 0 Å². The second-order valence-electron chi connectivity index (χ2n) is 10.2. The fourth-order valence-corrected chi connectivity index (χ4v) is 7.49. The molecule has 1 aliphatic heterocycles. The Morgan fingerprint density at radius 2 is 1.88 bits per heavy atom. The van der Waals surface area contributed by atoms with Gasteiger partial charge in [-0.1, -0.05) is 27.2 Å². The zero-order valence-electron chi connectivity index (χ0n) is 16.7. The Kier molecular flexibility index (Phi) is 3.92. The van der Waals surface area contributed by atoms with Gasteiger partial charge in [-0.15, -0.1) is 0 Å². The molecule has 0 aromatic rings. The number of ether oxygens (including phenoxy) is 2. The highest BCUT2D eigenvalue weighted by Gasteiger charge is 2.77. The maximum Gasteiger partial charge on any atom is 0.311 e. The van der Waals surface area contributed by atoms with Crippen LogP contribution in [0.3, 0.4) is 0 Å². The van der Waals surface area contributed by atoms with Gasteiger partial charge in [-0.25, -0.2) is 0 Å². The summed E-state index contributed by atoms with van der Waals surface area (Å²) in [5.74, 6) is 0.158. The predicted molar refractivity (Wildman–Crippen MR) is 96.3 cm³/mol. The van der Waals surface area contributed by atoms with Gasteiger partial charge in [-0.3, -0.25) is 4.79 Å². The monoisotopic (exact) mass is 366 g/mol. The van der Waals surface area contributed by atoms with Crippen LogP contribution < -0.4 is 0 Å². The first-order chi connectivity index (χ1) is 12.1. The maximum atomic E-state index is 12.6. The van der Waals surface area contributed by atoms with Crippen LogP contribution in [0.25, 0.3) is 0 Å². The van der Waals surface area contributed by atoms with Crippen LogP contribution >= 0.6 is 0 Å². The standard InChI is InChI=1S/C21H34O5/c1-12(2)21-15(26-21)11-14-18(3)8-6-9-19(4,17(23)25-5)13(18)7-10-20(14,24)16(21)22/h12-16,22,24H,6-11H2,1-5H3/t13-,14-,15+,16+,18-,19-,20-,21+/m1/s1. The molecule has 4 aliphatic rings. The first-order valence-corrected chi connectivity index (χ1v) is 10.2. The molecule has 3 aliphatic carbocycles. The van der Waals surface area contributed by atoms with E-state index in [4.69, 9.17) is 9.47 Å². The van der Waals surface area contributed by atoms with Crippen LogP contribution in [-0.4, -0.2) is 46.7 Å². The molecule has 1 heterocycles. The van der Waals surface area contributed by atoms with Crippen molar-refractivity contribution < 1.29 is 24.5 Å². The second kappa shape index (κ2) is 5.45. The van der Waals surface area contributed by atoms with E-state index in [2.05, 4.69) is 20.8 Å². The Hall–Kier alpha value is -0.650. The van der Waals surface area contributed by atoms with Gasteiger partial charge in [0.2, 0.25) is 0 Å². The SMILES string of the molecule is COC(=O)[C@]1(C)CCC[C@@]2(C)[C@H]3C[C@@H]4O[C@]4(C(C)C)[C@@H](O)[C@@]3(O)CC[C@H]21. The third-order valence-electron chi connectivity index (χ3n) is 8.91. The van der Waals surface area contributed by atoms with E-state index in [0.717, 1.165) is 32.1 Å². The molecule has 26 heavy (non-hydrogen) atoms. The fourth-order valence-electron chi connectivity index (χ4n) is 7.49. The summed E-state index contributed by atoms with van der Waals surface area (Å²) in [6.45, 7) is 8.39. The lowest BCUT2D eigenvalue weighted by atomic mass is 9.42. The number of carbonyl (C=O) groups is 1. The zero-order chi connectivity index (χ0) is 19.1. The van der Waals surface area contributed by atoms with E-state index in [9.17, 15) is 15.0 Å². The molecular weight excluding hydrogens is 332 g/mol. The number of esters is 1. The predicted octanol–water partition coefficient (Wildman–Crippen LogP) is 2.67. The second-order valence-corrected chi connectivity index (χ2v) is 10.2. The van der Waals surface area contributed by atoms with E-state index in [0.29, 0.717) is 6.42 Å². The van der Waals surface area contributed by atoms with E-state index in [1.807, 2.05) is 6.92 Å². The van der Waals surface area contributed by atoms with Crippen molar-refractivity contribution in [3.63, 3.8) is 0 Å². The van der Waals surface area contributed by atoms with Crippen molar-refractivity contribution in [3.05, 3.63) is 0 Å². The van der Waals surface area contributed by atoms with Gasteiger partial charge in [-0.05, 0) is 62.2 Å². The Morgan fingerprint density at radius 3 is 2.50 bits per heavy atom. The molecule has 4 rings (SSSR count). The van der Waals surface area contributed by atoms with Gasteiger partial charge in [0, 0.05) is 0 Å². The number of hydrogen-bond acceptors (Lipinski definition) is 5. The number of hydrogen-bond donors (Lipinski definition) is 2. The largest absolute Gasteiger partial charge is 0.469 e. The summed E-state index contributed by atoms with van der Waals surface area (Å²) >= 11 is 0. The summed E-state index contributed by atoms with van der Waals surface area (Å²) in [7, 11) is 1.47. The van der Waals surface area contributed by atoms with E-state index in [-0.39, 0.29) is 35.2 Å². The van der Waals surface area contributed by atoms with Gasteiger partial charge in [0.15, 0.2) is 0 Å². The lowest BCUT2D eigenvalue weighted by molar-refractivity contribution is -0.240. The minimum Gasteiger partial charge on any atom is -0.469 e. The number of fused-ring (bicyclic) bond motifs is 4. The van der Waals surface area contributed by atoms with E-state index >= 15 is 0 Å². The molecule has 2 N–H and O–H groups in total. The van der Waals surface area contributed by atoms with Crippen molar-refractivity contribution in [3.8, 4) is 0 Å². The Bertz CT molecular complexity index is 620. The fraction of sp³-hybridized carbons (Fsp3) is 0.952. The number of carbonyl (C=O) groups excluding carboxylic acids is 1. The average Bonchev–Trinajstić information content (AvgIpc) is 3.32. The molecule has 0 radical (unpaired) electrons. The topological polar surface area (TPSA) is 79.3 Å². The molecule has 8 atom stereocenters. The quantitative estimate of drug-likeness (QED) is 0.580. The number of epoxide rings is 1. The van der Waals surface area contributed by atoms with Crippen molar-refractivity contribution in [2.24, 2.45) is 28.6 Å². The third-order valence-corrected chi connectivity index (χ3v) is 8.91. The van der Waals surface area contributed by atoms with Crippen molar-refractivity contribution >= 4 is 5.97 Å². The Balaban J connectivity index is 1.73. The van der Waals surface area contributed by atoms with Crippen LogP contribution in [0.5, 0.6) is 0 Å². The lowest BCUT2D eigenvalue weighted by Gasteiger charge is -2.63. The molecule has 3 saturated carbocycles. The summed E-state index contributed by atoms with van der Waals surface area (Å²) in [5, 5.41) is 22.9. The normalized spacial score (nSPS) is 55.5. The van der Waals surface area contributed by atoms with E-state index in [1.54, 1.807) is 0 Å². The van der Waals surface area contributed by atoms with Crippen LogP contribution in [0, 0.1) is 28.6 Å². The van der Waals surface area contributed by atoms with Gasteiger partial charge in [0.25, 0.3) is 0 Å². The summed E-state index contributed by atoms with van der Waals surface area (Å²) in [5.41, 5.74) is -2.42. The molecule has 0 aromatic carbocycles. The molecule has 148 valence electrons. The first kappa shape index (κ1) is 18.7. The van der Waals surface area contributed by atoms with Gasteiger partial charge < -0.3 is 19.7 Å². The molecule has 0 amide bonds. The molecule has 0 aromatic heterocycles. The highest BCUT2D eigenvalue weighted by Crippen LogP contribution is 2.69. The minimum absolute atomic E-state index is 0.0182. The summed E-state index contributed by atoms with van der Waals surface area (Å²) in [6, 6.07) is 0. The molecule has 5 heteroatoms. The third kappa shape index (κ3) is 2.00. The molecule has 0 unspecified atom stereocenters. The number of aliphatic hydroxyl groups is 2. The molecular formula is C21H34O5. The van der Waals surface area contributed by atoms with E-state index in [1.165, 1.54) is 7.11 Å². The maximum absolute atomic E-state index is 12.6. The van der Waals surface area contributed by atoms with Crippen LogP contribution in [0.2, 0.25) is 0 Å². The molecule has 5 nitrogen and oxygen atoms in total. The Labute approximate surface area is 156 Å². The zero-order valence-corrected chi connectivity index (χ0v) is 16.7. The molecule has 0 spiro atoms. The van der Waals surface area contributed by atoms with Crippen LogP contribution in [-0.2, 0) is 14.3 Å².